The van der Waals surface area contributed by atoms with Gasteiger partial charge in [-0.2, -0.15) is 0 Å². The van der Waals surface area contributed by atoms with Crippen molar-refractivity contribution >= 4 is 34.0 Å². The quantitative estimate of drug-likeness (QED) is 0.675. The molecule has 0 unspecified atom stereocenters. The van der Waals surface area contributed by atoms with Gasteiger partial charge in [-0.15, -0.1) is 11.3 Å². The molecule has 4 rings (SSSR count). The number of fused-ring (bicyclic) bond motifs is 1. The molecule has 142 valence electrons. The molecule has 2 heterocycles. The van der Waals surface area contributed by atoms with Crippen LogP contribution in [0.2, 0.25) is 0 Å². The summed E-state index contributed by atoms with van der Waals surface area (Å²) in [6, 6.07) is 13.0. The highest BCUT2D eigenvalue weighted by Gasteiger charge is 2.17. The summed E-state index contributed by atoms with van der Waals surface area (Å²) in [7, 11) is 0. The zero-order valence-electron chi connectivity index (χ0n) is 15.3. The number of nitrogens with zero attached hydrogens (tertiary/aromatic N) is 1. The first kappa shape index (κ1) is 18.2. The Morgan fingerprint density at radius 3 is 2.96 bits per heavy atom. The number of aromatic nitrogens is 1. The van der Waals surface area contributed by atoms with Crippen molar-refractivity contribution in [3.05, 3.63) is 59.0 Å². The number of anilines is 2. The highest BCUT2D eigenvalue weighted by molar-refractivity contribution is 7.14. The third-order valence-electron chi connectivity index (χ3n) is 4.45. The van der Waals surface area contributed by atoms with E-state index in [2.05, 4.69) is 15.6 Å². The smallest absolute Gasteiger partial charge is 0.257 e. The van der Waals surface area contributed by atoms with Gasteiger partial charge in [0, 0.05) is 28.6 Å². The van der Waals surface area contributed by atoms with Crippen molar-refractivity contribution in [1.82, 2.24) is 4.98 Å². The van der Waals surface area contributed by atoms with Crippen molar-refractivity contribution < 1.29 is 14.3 Å². The molecule has 1 aromatic heterocycles. The number of benzene rings is 2. The van der Waals surface area contributed by atoms with Crippen LogP contribution < -0.4 is 15.4 Å². The van der Waals surface area contributed by atoms with Gasteiger partial charge in [0.1, 0.15) is 5.75 Å². The Labute approximate surface area is 166 Å². The molecule has 0 saturated carbocycles. The number of hydrogen-bond acceptors (Lipinski definition) is 5. The molecular formula is C21H19N3O3S. The van der Waals surface area contributed by atoms with E-state index >= 15 is 0 Å². The highest BCUT2D eigenvalue weighted by atomic mass is 32.1. The van der Waals surface area contributed by atoms with Gasteiger partial charge in [-0.25, -0.2) is 4.98 Å². The maximum Gasteiger partial charge on any atom is 0.257 e. The first-order valence-electron chi connectivity index (χ1n) is 9.06. The first-order chi connectivity index (χ1) is 13.6. The van der Waals surface area contributed by atoms with Crippen LogP contribution >= 0.6 is 11.3 Å². The lowest BCUT2D eigenvalue weighted by Crippen LogP contribution is -2.20. The van der Waals surface area contributed by atoms with E-state index in [4.69, 9.17) is 4.74 Å². The van der Waals surface area contributed by atoms with Crippen molar-refractivity contribution in [2.24, 2.45) is 0 Å². The molecule has 0 saturated heterocycles. The Kier molecular flexibility index (Phi) is 5.08. The van der Waals surface area contributed by atoms with E-state index in [1.165, 1.54) is 11.3 Å². The second kappa shape index (κ2) is 7.82. The summed E-state index contributed by atoms with van der Waals surface area (Å²) in [4.78, 5) is 28.6. The van der Waals surface area contributed by atoms with Gasteiger partial charge in [0.15, 0.2) is 5.13 Å². The van der Waals surface area contributed by atoms with E-state index in [9.17, 15) is 9.59 Å². The summed E-state index contributed by atoms with van der Waals surface area (Å²) in [5.74, 6) is 0.552. The Morgan fingerprint density at radius 1 is 1.25 bits per heavy atom. The van der Waals surface area contributed by atoms with Gasteiger partial charge in [0.2, 0.25) is 5.91 Å². The predicted octanol–water partition coefficient (Wildman–Crippen LogP) is 4.35. The minimum absolute atomic E-state index is 0.00681. The van der Waals surface area contributed by atoms with Gasteiger partial charge in [0.05, 0.1) is 12.3 Å². The summed E-state index contributed by atoms with van der Waals surface area (Å²) in [6.45, 7) is 2.51. The zero-order valence-corrected chi connectivity index (χ0v) is 16.1. The van der Waals surface area contributed by atoms with Gasteiger partial charge < -0.3 is 10.1 Å². The summed E-state index contributed by atoms with van der Waals surface area (Å²) in [5.41, 5.74) is 3.94. The third-order valence-corrected chi connectivity index (χ3v) is 5.21. The fraction of sp³-hybridized carbons (Fsp3) is 0.190. The summed E-state index contributed by atoms with van der Waals surface area (Å²) in [5, 5.41) is 8.10. The second-order valence-electron chi connectivity index (χ2n) is 6.34. The molecule has 1 aliphatic heterocycles. The van der Waals surface area contributed by atoms with Gasteiger partial charge in [-0.3, -0.25) is 14.9 Å². The molecule has 0 aliphatic carbocycles. The highest BCUT2D eigenvalue weighted by Crippen LogP contribution is 2.32. The molecule has 0 fully saturated rings. The van der Waals surface area contributed by atoms with Crippen molar-refractivity contribution in [2.45, 2.75) is 19.8 Å². The fourth-order valence-electron chi connectivity index (χ4n) is 3.11. The number of nitrogens with one attached hydrogen (secondary N) is 2. The number of aryl methyl sites for hydroxylation is 1. The number of amides is 2. The lowest BCUT2D eigenvalue weighted by molar-refractivity contribution is -0.116. The van der Waals surface area contributed by atoms with Crippen LogP contribution in [0.1, 0.15) is 29.3 Å². The van der Waals surface area contributed by atoms with Crippen LogP contribution in [0.5, 0.6) is 5.75 Å². The average molecular weight is 393 g/mol. The number of thiazole rings is 1. The van der Waals surface area contributed by atoms with Crippen LogP contribution in [-0.2, 0) is 11.2 Å². The van der Waals surface area contributed by atoms with Crippen LogP contribution in [0.15, 0.2) is 47.8 Å². The molecule has 7 heteroatoms. The normalized spacial score (nSPS) is 12.8. The Balaban J connectivity index is 1.52. The standard InChI is InChI=1S/C21H19N3O3S/c1-2-27-18-6-4-3-5-15(18)17-12-28-21(23-17)24-20(26)14-7-9-16-13(11-14)8-10-19(25)22-16/h3-7,9,11-12H,2,8,10H2,1H3,(H,22,25)(H,23,24,26). The Morgan fingerprint density at radius 2 is 2.11 bits per heavy atom. The molecule has 2 N–H and O–H groups in total. The van der Waals surface area contributed by atoms with Gasteiger partial charge >= 0.3 is 0 Å². The molecular weight excluding hydrogens is 374 g/mol. The molecule has 2 aromatic carbocycles. The molecule has 2 amide bonds. The molecule has 28 heavy (non-hydrogen) atoms. The van der Waals surface area contributed by atoms with Gasteiger partial charge in [0.25, 0.3) is 5.91 Å². The van der Waals surface area contributed by atoms with E-state index < -0.39 is 0 Å². The molecule has 1 aliphatic rings. The number of carbonyl (C=O) groups is 2. The maximum absolute atomic E-state index is 12.6. The summed E-state index contributed by atoms with van der Waals surface area (Å²) < 4.78 is 5.66. The second-order valence-corrected chi connectivity index (χ2v) is 7.20. The zero-order chi connectivity index (χ0) is 19.5. The van der Waals surface area contributed by atoms with Crippen LogP contribution in [-0.4, -0.2) is 23.4 Å². The van der Waals surface area contributed by atoms with Crippen LogP contribution in [0, 0.1) is 0 Å². The Bertz CT molecular complexity index is 1040. The largest absolute Gasteiger partial charge is 0.493 e. The lowest BCUT2D eigenvalue weighted by Gasteiger charge is -2.17. The maximum atomic E-state index is 12.6. The van der Waals surface area contributed by atoms with Crippen molar-refractivity contribution in [2.75, 3.05) is 17.2 Å². The van der Waals surface area contributed by atoms with Crippen LogP contribution in [0.4, 0.5) is 10.8 Å². The minimum Gasteiger partial charge on any atom is -0.493 e. The van der Waals surface area contributed by atoms with Crippen LogP contribution in [0.25, 0.3) is 11.3 Å². The molecule has 0 bridgehead atoms. The monoisotopic (exact) mass is 393 g/mol. The van der Waals surface area contributed by atoms with Gasteiger partial charge in [-0.1, -0.05) is 12.1 Å². The number of rotatable bonds is 5. The van der Waals surface area contributed by atoms with E-state index in [1.54, 1.807) is 12.1 Å². The topological polar surface area (TPSA) is 80.3 Å². The molecule has 0 radical (unpaired) electrons. The van der Waals surface area contributed by atoms with Crippen molar-refractivity contribution in [3.8, 4) is 17.0 Å². The number of para-hydroxylation sites is 1. The summed E-state index contributed by atoms with van der Waals surface area (Å²) >= 11 is 1.37. The first-order valence-corrected chi connectivity index (χ1v) is 9.94. The molecule has 0 atom stereocenters. The predicted molar refractivity (Wildman–Crippen MR) is 110 cm³/mol. The van der Waals surface area contributed by atoms with E-state index in [1.807, 2.05) is 42.6 Å². The average Bonchev–Trinajstić information content (AvgIpc) is 3.16. The number of ether oxygens (including phenoxy) is 1. The van der Waals surface area contributed by atoms with Gasteiger partial charge in [-0.05, 0) is 49.2 Å². The number of hydrogen-bond donors (Lipinski definition) is 2. The van der Waals surface area contributed by atoms with E-state index in [0.717, 1.165) is 28.3 Å². The lowest BCUT2D eigenvalue weighted by atomic mass is 10.0. The Hall–Kier alpha value is -3.19. The molecule has 6 nitrogen and oxygen atoms in total. The third kappa shape index (κ3) is 3.75. The van der Waals surface area contributed by atoms with Crippen molar-refractivity contribution in [3.63, 3.8) is 0 Å². The fourth-order valence-corrected chi connectivity index (χ4v) is 3.81. The minimum atomic E-state index is -0.223. The number of carbonyl (C=O) groups excluding carboxylic acids is 2. The van der Waals surface area contributed by atoms with Crippen LogP contribution in [0.3, 0.4) is 0 Å². The summed E-state index contributed by atoms with van der Waals surface area (Å²) in [6.07, 6.45) is 1.07. The van der Waals surface area contributed by atoms with Crippen molar-refractivity contribution in [1.29, 1.82) is 0 Å². The molecule has 0 spiro atoms. The van der Waals surface area contributed by atoms with E-state index in [0.29, 0.717) is 30.1 Å². The molecule has 3 aromatic rings. The van der Waals surface area contributed by atoms with E-state index in [-0.39, 0.29) is 11.8 Å². The SMILES string of the molecule is CCOc1ccccc1-c1csc(NC(=O)c2ccc3c(c2)CCC(=O)N3)n1.